The monoisotopic (exact) mass is 447 g/mol. The number of halogens is 1. The zero-order valence-corrected chi connectivity index (χ0v) is 17.8. The van der Waals surface area contributed by atoms with Gasteiger partial charge >= 0.3 is 0 Å². The van der Waals surface area contributed by atoms with Crippen molar-refractivity contribution < 1.29 is 0 Å². The zero-order valence-electron chi connectivity index (χ0n) is 16.2. The summed E-state index contributed by atoms with van der Waals surface area (Å²) in [5, 5.41) is 5.08. The minimum Gasteiger partial charge on any atom is -0.309 e. The highest BCUT2D eigenvalue weighted by molar-refractivity contribution is 9.10. The molecule has 0 aliphatic rings. The number of fused-ring (bicyclic) bond motifs is 4. The van der Waals surface area contributed by atoms with Crippen molar-refractivity contribution in [3.63, 3.8) is 0 Å². The van der Waals surface area contributed by atoms with E-state index in [0.717, 1.165) is 4.47 Å². The van der Waals surface area contributed by atoms with Gasteiger partial charge in [0, 0.05) is 20.9 Å². The lowest BCUT2D eigenvalue weighted by Gasteiger charge is -2.10. The summed E-state index contributed by atoms with van der Waals surface area (Å²) in [5.41, 5.74) is 6.14. The van der Waals surface area contributed by atoms with Gasteiger partial charge in [0.05, 0.1) is 11.0 Å². The molecule has 0 radical (unpaired) electrons. The normalized spacial score (nSPS) is 11.5. The summed E-state index contributed by atoms with van der Waals surface area (Å²) >= 11 is 3.52. The first-order chi connectivity index (χ1) is 14.8. The average Bonchev–Trinajstić information content (AvgIpc) is 3.13. The van der Waals surface area contributed by atoms with Crippen LogP contribution in [0, 0.1) is 0 Å². The van der Waals surface area contributed by atoms with Gasteiger partial charge in [-0.2, -0.15) is 0 Å². The average molecular weight is 448 g/mol. The van der Waals surface area contributed by atoms with Crippen molar-refractivity contribution in [2.75, 3.05) is 0 Å². The van der Waals surface area contributed by atoms with Crippen LogP contribution in [0.4, 0.5) is 0 Å². The van der Waals surface area contributed by atoms with Crippen LogP contribution in [0.2, 0.25) is 0 Å². The maximum atomic E-state index is 3.52. The highest BCUT2D eigenvalue weighted by Gasteiger charge is 2.11. The summed E-state index contributed by atoms with van der Waals surface area (Å²) in [6, 6.07) is 39.2. The molecule has 1 aromatic heterocycles. The molecule has 5 aromatic carbocycles. The maximum Gasteiger partial charge on any atom is 0.0541 e. The first-order valence-electron chi connectivity index (χ1n) is 10.1. The van der Waals surface area contributed by atoms with Crippen LogP contribution in [0.1, 0.15) is 0 Å². The SMILES string of the molecule is Brc1ccc(-c2ccc3cc(-n4c5ccccc5c5ccccc54)ccc3c2)cc1. The van der Waals surface area contributed by atoms with E-state index in [1.54, 1.807) is 0 Å². The van der Waals surface area contributed by atoms with Gasteiger partial charge in [-0.25, -0.2) is 0 Å². The number of rotatable bonds is 2. The van der Waals surface area contributed by atoms with Crippen LogP contribution in [0.3, 0.4) is 0 Å². The fourth-order valence-electron chi connectivity index (χ4n) is 4.39. The molecule has 142 valence electrons. The number of aromatic nitrogens is 1. The molecule has 6 rings (SSSR count). The molecule has 1 nitrogen and oxygen atoms in total. The second kappa shape index (κ2) is 6.86. The minimum absolute atomic E-state index is 1.10. The highest BCUT2D eigenvalue weighted by atomic mass is 79.9. The summed E-state index contributed by atoms with van der Waals surface area (Å²) in [6.45, 7) is 0. The molecule has 0 bridgehead atoms. The van der Waals surface area contributed by atoms with Gasteiger partial charge in [-0.05, 0) is 64.4 Å². The van der Waals surface area contributed by atoms with E-state index < -0.39 is 0 Å². The van der Waals surface area contributed by atoms with E-state index in [9.17, 15) is 0 Å². The maximum absolute atomic E-state index is 3.52. The molecule has 0 aliphatic heterocycles. The quantitative estimate of drug-likeness (QED) is 0.251. The van der Waals surface area contributed by atoms with E-state index in [1.165, 1.54) is 49.4 Å². The van der Waals surface area contributed by atoms with Gasteiger partial charge in [0.25, 0.3) is 0 Å². The molecule has 30 heavy (non-hydrogen) atoms. The Kier molecular flexibility index (Phi) is 4.00. The van der Waals surface area contributed by atoms with Gasteiger partial charge in [-0.1, -0.05) is 82.7 Å². The van der Waals surface area contributed by atoms with Crippen molar-refractivity contribution in [3.8, 4) is 16.8 Å². The third-order valence-electron chi connectivity index (χ3n) is 5.84. The van der Waals surface area contributed by atoms with Crippen molar-refractivity contribution in [1.29, 1.82) is 0 Å². The first-order valence-corrected chi connectivity index (χ1v) is 10.9. The fraction of sp³-hybridized carbons (Fsp3) is 0. The molecule has 0 saturated carbocycles. The molecule has 0 N–H and O–H groups in total. The fourth-order valence-corrected chi connectivity index (χ4v) is 4.66. The summed E-state index contributed by atoms with van der Waals surface area (Å²) in [6.07, 6.45) is 0. The van der Waals surface area contributed by atoms with Crippen LogP contribution in [0.15, 0.2) is 114 Å². The Bertz CT molecular complexity index is 1490. The Morgan fingerprint density at radius 2 is 1.07 bits per heavy atom. The van der Waals surface area contributed by atoms with Crippen LogP contribution < -0.4 is 0 Å². The molecular formula is C28H18BrN. The van der Waals surface area contributed by atoms with Gasteiger partial charge in [0.1, 0.15) is 0 Å². The van der Waals surface area contributed by atoms with Gasteiger partial charge in [0.15, 0.2) is 0 Å². The summed E-state index contributed by atoms with van der Waals surface area (Å²) in [5.74, 6) is 0. The van der Waals surface area contributed by atoms with Crippen molar-refractivity contribution in [1.82, 2.24) is 4.57 Å². The number of para-hydroxylation sites is 2. The van der Waals surface area contributed by atoms with Crippen LogP contribution in [0.5, 0.6) is 0 Å². The molecule has 1 heterocycles. The smallest absolute Gasteiger partial charge is 0.0541 e. The number of hydrogen-bond acceptors (Lipinski definition) is 0. The molecule has 0 aliphatic carbocycles. The van der Waals surface area contributed by atoms with Crippen LogP contribution >= 0.6 is 15.9 Å². The second-order valence-corrected chi connectivity index (χ2v) is 8.54. The van der Waals surface area contributed by atoms with Crippen LogP contribution in [-0.2, 0) is 0 Å². The number of nitrogens with zero attached hydrogens (tertiary/aromatic N) is 1. The molecular weight excluding hydrogens is 430 g/mol. The standard InChI is InChI=1S/C28H18BrN/c29-23-14-11-19(12-15-23)20-9-10-22-18-24(16-13-21(22)17-20)30-27-7-3-1-5-25(27)26-6-2-4-8-28(26)30/h1-18H. The Labute approximate surface area is 183 Å². The van der Waals surface area contributed by atoms with Gasteiger partial charge < -0.3 is 4.57 Å². The molecule has 0 unspecified atom stereocenters. The summed E-state index contributed by atoms with van der Waals surface area (Å²) < 4.78 is 3.47. The third-order valence-corrected chi connectivity index (χ3v) is 6.37. The highest BCUT2D eigenvalue weighted by Crippen LogP contribution is 2.33. The van der Waals surface area contributed by atoms with Crippen molar-refractivity contribution >= 4 is 48.5 Å². The van der Waals surface area contributed by atoms with Gasteiger partial charge in [0.2, 0.25) is 0 Å². The third kappa shape index (κ3) is 2.76. The molecule has 0 spiro atoms. The Balaban J connectivity index is 1.54. The molecule has 0 atom stereocenters. The number of hydrogen-bond donors (Lipinski definition) is 0. The van der Waals surface area contributed by atoms with E-state index in [4.69, 9.17) is 0 Å². The summed E-state index contributed by atoms with van der Waals surface area (Å²) in [4.78, 5) is 0. The van der Waals surface area contributed by atoms with Crippen LogP contribution in [-0.4, -0.2) is 4.57 Å². The lowest BCUT2D eigenvalue weighted by molar-refractivity contribution is 1.19. The lowest BCUT2D eigenvalue weighted by atomic mass is 10.0. The summed E-state index contributed by atoms with van der Waals surface area (Å²) in [7, 11) is 0. The zero-order chi connectivity index (χ0) is 20.1. The molecule has 0 amide bonds. The van der Waals surface area contributed by atoms with Crippen LogP contribution in [0.25, 0.3) is 49.4 Å². The predicted octanol–water partition coefficient (Wildman–Crippen LogP) is 8.37. The topological polar surface area (TPSA) is 4.93 Å². The molecule has 0 saturated heterocycles. The van der Waals surface area contributed by atoms with E-state index in [2.05, 4.69) is 130 Å². The van der Waals surface area contributed by atoms with Crippen molar-refractivity contribution in [2.45, 2.75) is 0 Å². The molecule has 6 aromatic rings. The van der Waals surface area contributed by atoms with E-state index >= 15 is 0 Å². The van der Waals surface area contributed by atoms with Crippen molar-refractivity contribution in [3.05, 3.63) is 114 Å². The second-order valence-electron chi connectivity index (χ2n) is 7.62. The first kappa shape index (κ1) is 17.5. The van der Waals surface area contributed by atoms with Crippen molar-refractivity contribution in [2.24, 2.45) is 0 Å². The van der Waals surface area contributed by atoms with E-state index in [1.807, 2.05) is 0 Å². The van der Waals surface area contributed by atoms with E-state index in [0.29, 0.717) is 0 Å². The Morgan fingerprint density at radius 1 is 0.500 bits per heavy atom. The lowest BCUT2D eigenvalue weighted by Crippen LogP contribution is -1.93. The Morgan fingerprint density at radius 3 is 1.77 bits per heavy atom. The predicted molar refractivity (Wildman–Crippen MR) is 131 cm³/mol. The number of benzene rings is 5. The van der Waals surface area contributed by atoms with E-state index in [-0.39, 0.29) is 0 Å². The largest absolute Gasteiger partial charge is 0.309 e. The molecule has 0 fully saturated rings. The van der Waals surface area contributed by atoms with Gasteiger partial charge in [-0.15, -0.1) is 0 Å². The van der Waals surface area contributed by atoms with Gasteiger partial charge in [-0.3, -0.25) is 0 Å². The Hall–Kier alpha value is -3.36. The molecule has 2 heteroatoms. The minimum atomic E-state index is 1.10.